The fraction of sp³-hybridized carbons (Fsp3) is 0.588. The molecule has 0 radical (unpaired) electrons. The second kappa shape index (κ2) is 6.06. The van der Waals surface area contributed by atoms with E-state index in [9.17, 15) is 4.79 Å². The summed E-state index contributed by atoms with van der Waals surface area (Å²) in [5.41, 5.74) is 3.27. The average Bonchev–Trinajstić information content (AvgIpc) is 2.43. The Hall–Kier alpha value is -1.19. The van der Waals surface area contributed by atoms with Crippen molar-refractivity contribution >= 4 is 5.78 Å². The Morgan fingerprint density at radius 2 is 1.95 bits per heavy atom. The summed E-state index contributed by atoms with van der Waals surface area (Å²) in [6.45, 7) is 11.4. The molecule has 1 aromatic rings. The molecule has 0 aliphatic carbocycles. The summed E-state index contributed by atoms with van der Waals surface area (Å²) < 4.78 is 0. The van der Waals surface area contributed by atoms with Crippen LogP contribution in [0.1, 0.15) is 35.3 Å². The Bertz CT molecular complexity index is 498. The molecule has 1 saturated heterocycles. The number of nitrogens with zero attached hydrogens (tertiary/aromatic N) is 2. The van der Waals surface area contributed by atoms with Crippen LogP contribution in [0.2, 0.25) is 0 Å². The highest BCUT2D eigenvalue weighted by atomic mass is 16.1. The molecule has 1 aliphatic rings. The van der Waals surface area contributed by atoms with Crippen LogP contribution in [-0.2, 0) is 0 Å². The molecule has 1 heterocycles. The molecule has 0 aromatic heterocycles. The fourth-order valence-corrected chi connectivity index (χ4v) is 2.73. The summed E-state index contributed by atoms with van der Waals surface area (Å²) in [6, 6.07) is 6.50. The predicted octanol–water partition coefficient (Wildman–Crippen LogP) is 2.51. The number of rotatable bonds is 3. The molecule has 0 amide bonds. The maximum Gasteiger partial charge on any atom is 0.179 e. The SMILES string of the molecule is Cc1ccc(C(=O)C(C)N2CCN(C)C(C)C2)cc1C. The summed E-state index contributed by atoms with van der Waals surface area (Å²) >= 11 is 0. The molecule has 2 rings (SSSR count). The molecular weight excluding hydrogens is 248 g/mol. The number of hydrogen-bond acceptors (Lipinski definition) is 3. The molecule has 0 bridgehead atoms. The number of aryl methyl sites for hydroxylation is 2. The Labute approximate surface area is 122 Å². The Morgan fingerprint density at radius 1 is 1.25 bits per heavy atom. The van der Waals surface area contributed by atoms with Gasteiger partial charge in [-0.3, -0.25) is 9.69 Å². The largest absolute Gasteiger partial charge is 0.301 e. The van der Waals surface area contributed by atoms with E-state index in [1.54, 1.807) is 0 Å². The van der Waals surface area contributed by atoms with Gasteiger partial charge in [0.2, 0.25) is 0 Å². The van der Waals surface area contributed by atoms with Crippen molar-refractivity contribution in [2.24, 2.45) is 0 Å². The quantitative estimate of drug-likeness (QED) is 0.791. The number of Topliss-reactive ketones (excluding diaryl/α,β-unsaturated/α-hetero) is 1. The lowest BCUT2D eigenvalue weighted by atomic mass is 9.99. The lowest BCUT2D eigenvalue weighted by Crippen LogP contribution is -2.54. The molecule has 0 N–H and O–H groups in total. The van der Waals surface area contributed by atoms with E-state index in [1.165, 1.54) is 11.1 Å². The molecular formula is C17H26N2O. The van der Waals surface area contributed by atoms with Crippen LogP contribution >= 0.6 is 0 Å². The van der Waals surface area contributed by atoms with Crippen molar-refractivity contribution in [1.82, 2.24) is 9.80 Å². The lowest BCUT2D eigenvalue weighted by molar-refractivity contribution is 0.0603. The van der Waals surface area contributed by atoms with Gasteiger partial charge in [0.05, 0.1) is 6.04 Å². The number of carbonyl (C=O) groups excluding carboxylic acids is 1. The molecule has 3 nitrogen and oxygen atoms in total. The van der Waals surface area contributed by atoms with Gasteiger partial charge in [-0.05, 0) is 51.9 Å². The number of carbonyl (C=O) groups is 1. The number of likely N-dealkylation sites (N-methyl/N-ethyl adjacent to an activating group) is 1. The maximum absolute atomic E-state index is 12.6. The van der Waals surface area contributed by atoms with Crippen LogP contribution in [0.25, 0.3) is 0 Å². The maximum atomic E-state index is 12.6. The van der Waals surface area contributed by atoms with Crippen LogP contribution in [0, 0.1) is 13.8 Å². The summed E-state index contributed by atoms with van der Waals surface area (Å²) in [5, 5.41) is 0. The number of ketones is 1. The van der Waals surface area contributed by atoms with Crippen LogP contribution in [0.15, 0.2) is 18.2 Å². The smallest absolute Gasteiger partial charge is 0.179 e. The number of piperazine rings is 1. The Balaban J connectivity index is 2.10. The van der Waals surface area contributed by atoms with Gasteiger partial charge in [0, 0.05) is 31.2 Å². The van der Waals surface area contributed by atoms with Gasteiger partial charge in [0.15, 0.2) is 5.78 Å². The van der Waals surface area contributed by atoms with Crippen molar-refractivity contribution in [1.29, 1.82) is 0 Å². The zero-order valence-electron chi connectivity index (χ0n) is 13.3. The first-order chi connectivity index (χ1) is 9.40. The van der Waals surface area contributed by atoms with Crippen molar-refractivity contribution < 1.29 is 4.79 Å². The minimum absolute atomic E-state index is 0.0340. The minimum atomic E-state index is -0.0340. The van der Waals surface area contributed by atoms with E-state index in [4.69, 9.17) is 0 Å². The van der Waals surface area contributed by atoms with Crippen LogP contribution in [0.5, 0.6) is 0 Å². The van der Waals surface area contributed by atoms with Crippen LogP contribution in [0.3, 0.4) is 0 Å². The van der Waals surface area contributed by atoms with E-state index in [2.05, 4.69) is 37.6 Å². The van der Waals surface area contributed by atoms with Gasteiger partial charge in [0.1, 0.15) is 0 Å². The van der Waals surface area contributed by atoms with Crippen LogP contribution < -0.4 is 0 Å². The highest BCUT2D eigenvalue weighted by molar-refractivity contribution is 6.00. The number of hydrogen-bond donors (Lipinski definition) is 0. The topological polar surface area (TPSA) is 23.6 Å². The fourth-order valence-electron chi connectivity index (χ4n) is 2.73. The third kappa shape index (κ3) is 3.10. The standard InChI is InChI=1S/C17H26N2O/c1-12-6-7-16(10-13(12)2)17(20)15(4)19-9-8-18(5)14(3)11-19/h6-7,10,14-15H,8-9,11H2,1-5H3. The highest BCUT2D eigenvalue weighted by Gasteiger charge is 2.28. The summed E-state index contributed by atoms with van der Waals surface area (Å²) in [4.78, 5) is 17.3. The molecule has 1 fully saturated rings. The molecule has 2 atom stereocenters. The first kappa shape index (κ1) is 15.2. The van der Waals surface area contributed by atoms with E-state index in [-0.39, 0.29) is 11.8 Å². The number of benzene rings is 1. The third-order valence-electron chi connectivity index (χ3n) is 4.71. The van der Waals surface area contributed by atoms with Gasteiger partial charge >= 0.3 is 0 Å². The zero-order chi connectivity index (χ0) is 14.9. The molecule has 2 unspecified atom stereocenters. The summed E-state index contributed by atoms with van der Waals surface area (Å²) in [5.74, 6) is 0.241. The van der Waals surface area contributed by atoms with Crippen molar-refractivity contribution in [2.75, 3.05) is 26.7 Å². The van der Waals surface area contributed by atoms with Crippen molar-refractivity contribution in [3.8, 4) is 0 Å². The molecule has 3 heteroatoms. The molecule has 0 saturated carbocycles. The molecule has 0 spiro atoms. The molecule has 20 heavy (non-hydrogen) atoms. The van der Waals surface area contributed by atoms with Crippen molar-refractivity contribution in [3.05, 3.63) is 34.9 Å². The Kier molecular flexibility index (Phi) is 4.61. The van der Waals surface area contributed by atoms with E-state index in [0.29, 0.717) is 6.04 Å². The second-order valence-electron chi connectivity index (χ2n) is 6.16. The van der Waals surface area contributed by atoms with Crippen molar-refractivity contribution in [2.45, 2.75) is 39.8 Å². The van der Waals surface area contributed by atoms with E-state index < -0.39 is 0 Å². The van der Waals surface area contributed by atoms with Gasteiger partial charge in [-0.25, -0.2) is 0 Å². The van der Waals surface area contributed by atoms with Gasteiger partial charge in [-0.1, -0.05) is 12.1 Å². The van der Waals surface area contributed by atoms with Crippen LogP contribution in [0.4, 0.5) is 0 Å². The highest BCUT2D eigenvalue weighted by Crippen LogP contribution is 2.16. The molecule has 110 valence electrons. The van der Waals surface area contributed by atoms with Crippen molar-refractivity contribution in [3.63, 3.8) is 0 Å². The first-order valence-electron chi connectivity index (χ1n) is 7.46. The lowest BCUT2D eigenvalue weighted by Gasteiger charge is -2.40. The molecule has 1 aromatic carbocycles. The van der Waals surface area contributed by atoms with Gasteiger partial charge in [-0.15, -0.1) is 0 Å². The summed E-state index contributed by atoms with van der Waals surface area (Å²) in [6.07, 6.45) is 0. The van der Waals surface area contributed by atoms with E-state index >= 15 is 0 Å². The Morgan fingerprint density at radius 3 is 2.55 bits per heavy atom. The normalized spacial score (nSPS) is 22.8. The predicted molar refractivity (Wildman–Crippen MR) is 83.4 cm³/mol. The van der Waals surface area contributed by atoms with E-state index in [1.807, 2.05) is 25.1 Å². The zero-order valence-corrected chi connectivity index (χ0v) is 13.3. The average molecular weight is 274 g/mol. The van der Waals surface area contributed by atoms with Gasteiger partial charge in [0.25, 0.3) is 0 Å². The molecule has 1 aliphatic heterocycles. The van der Waals surface area contributed by atoms with Gasteiger partial charge in [-0.2, -0.15) is 0 Å². The van der Waals surface area contributed by atoms with Gasteiger partial charge < -0.3 is 4.90 Å². The minimum Gasteiger partial charge on any atom is -0.301 e. The summed E-state index contributed by atoms with van der Waals surface area (Å²) in [7, 11) is 2.15. The third-order valence-corrected chi connectivity index (χ3v) is 4.71. The monoisotopic (exact) mass is 274 g/mol. The second-order valence-corrected chi connectivity index (χ2v) is 6.16. The van der Waals surface area contributed by atoms with Crippen LogP contribution in [-0.4, -0.2) is 54.3 Å². The first-order valence-corrected chi connectivity index (χ1v) is 7.46. The van der Waals surface area contributed by atoms with E-state index in [0.717, 1.165) is 25.2 Å².